The maximum absolute atomic E-state index is 4.54. The number of anilines is 1. The molecule has 0 bridgehead atoms. The molecule has 0 atom stereocenters. The van der Waals surface area contributed by atoms with E-state index in [0.717, 1.165) is 32.9 Å². The maximum atomic E-state index is 4.54. The van der Waals surface area contributed by atoms with Crippen LogP contribution >= 0.6 is 11.3 Å². The number of aryl methyl sites for hydroxylation is 1. The Labute approximate surface area is 143 Å². The summed E-state index contributed by atoms with van der Waals surface area (Å²) in [5, 5.41) is 12.6. The van der Waals surface area contributed by atoms with E-state index in [0.29, 0.717) is 0 Å². The van der Waals surface area contributed by atoms with Crippen LogP contribution in [-0.4, -0.2) is 21.0 Å². The monoisotopic (exact) mass is 333 g/mol. The highest BCUT2D eigenvalue weighted by atomic mass is 32.1. The van der Waals surface area contributed by atoms with Gasteiger partial charge in [-0.25, -0.2) is 4.98 Å². The molecular weight excluding hydrogens is 318 g/mol. The quantitative estimate of drug-likeness (QED) is 0.451. The van der Waals surface area contributed by atoms with Crippen molar-refractivity contribution >= 4 is 33.6 Å². The van der Waals surface area contributed by atoms with Crippen LogP contribution in [0, 0.1) is 0 Å². The van der Waals surface area contributed by atoms with E-state index < -0.39 is 0 Å². The molecule has 0 unspecified atom stereocenters. The number of benzene rings is 2. The molecule has 6 heteroatoms. The number of hydrogen-bond acceptors (Lipinski definition) is 5. The lowest BCUT2D eigenvalue weighted by molar-refractivity contribution is 0.780. The van der Waals surface area contributed by atoms with Crippen LogP contribution in [0.25, 0.3) is 22.2 Å². The molecule has 2 aromatic carbocycles. The van der Waals surface area contributed by atoms with Crippen molar-refractivity contribution in [3.63, 3.8) is 0 Å². The van der Waals surface area contributed by atoms with Gasteiger partial charge in [0.25, 0.3) is 0 Å². The molecule has 0 amide bonds. The van der Waals surface area contributed by atoms with Crippen LogP contribution in [-0.2, 0) is 7.05 Å². The second-order valence-corrected chi connectivity index (χ2v) is 6.25. The van der Waals surface area contributed by atoms with Crippen molar-refractivity contribution in [3.05, 3.63) is 65.7 Å². The van der Waals surface area contributed by atoms with Gasteiger partial charge in [0.05, 0.1) is 17.4 Å². The lowest BCUT2D eigenvalue weighted by Crippen LogP contribution is -1.90. The van der Waals surface area contributed by atoms with Crippen molar-refractivity contribution in [2.45, 2.75) is 0 Å². The Bertz CT molecular complexity index is 1000. The molecule has 0 saturated carbocycles. The number of fused-ring (bicyclic) bond motifs is 1. The largest absolute Gasteiger partial charge is 0.275 e. The Balaban J connectivity index is 1.47. The highest BCUT2D eigenvalue weighted by Crippen LogP contribution is 2.24. The first-order valence-electron chi connectivity index (χ1n) is 7.51. The third-order valence-corrected chi connectivity index (χ3v) is 4.34. The number of hydrazone groups is 1. The number of aromatic nitrogens is 3. The summed E-state index contributed by atoms with van der Waals surface area (Å²) in [5.41, 5.74) is 7.00. The molecule has 1 N–H and O–H groups in total. The molecule has 0 aliphatic heterocycles. The zero-order valence-electron chi connectivity index (χ0n) is 13.0. The van der Waals surface area contributed by atoms with E-state index in [9.17, 15) is 0 Å². The van der Waals surface area contributed by atoms with Crippen molar-refractivity contribution in [3.8, 4) is 11.3 Å². The summed E-state index contributed by atoms with van der Waals surface area (Å²) in [6, 6.07) is 16.2. The van der Waals surface area contributed by atoms with Crippen molar-refractivity contribution in [1.82, 2.24) is 14.8 Å². The smallest absolute Gasteiger partial charge is 0.203 e. The summed E-state index contributed by atoms with van der Waals surface area (Å²) in [4.78, 5) is 4.54. The van der Waals surface area contributed by atoms with Gasteiger partial charge in [-0.1, -0.05) is 42.5 Å². The first-order valence-corrected chi connectivity index (χ1v) is 8.39. The Morgan fingerprint density at radius 3 is 2.92 bits per heavy atom. The standard InChI is InChI=1S/C18H15N5S/c1-23-11-15-8-7-13(9-16(15)22-23)10-19-21-18-20-17(12-24-18)14-5-3-2-4-6-14/h2-12H,1H3,(H,20,21). The number of nitrogens with zero attached hydrogens (tertiary/aromatic N) is 4. The van der Waals surface area contributed by atoms with Gasteiger partial charge in [-0.3, -0.25) is 10.1 Å². The van der Waals surface area contributed by atoms with Gasteiger partial charge in [0.2, 0.25) is 5.13 Å². The predicted octanol–water partition coefficient (Wildman–Crippen LogP) is 4.14. The predicted molar refractivity (Wildman–Crippen MR) is 99.5 cm³/mol. The molecule has 0 spiro atoms. The molecule has 5 nitrogen and oxygen atoms in total. The Hall–Kier alpha value is -2.99. The number of nitrogens with one attached hydrogen (secondary N) is 1. The van der Waals surface area contributed by atoms with E-state index >= 15 is 0 Å². The van der Waals surface area contributed by atoms with Gasteiger partial charge < -0.3 is 0 Å². The average molecular weight is 333 g/mol. The van der Waals surface area contributed by atoms with Crippen LogP contribution in [0.3, 0.4) is 0 Å². The van der Waals surface area contributed by atoms with Gasteiger partial charge >= 0.3 is 0 Å². The van der Waals surface area contributed by atoms with Crippen molar-refractivity contribution in [2.75, 3.05) is 5.43 Å². The summed E-state index contributed by atoms with van der Waals surface area (Å²) < 4.78 is 1.81. The molecule has 2 heterocycles. The van der Waals surface area contributed by atoms with Gasteiger partial charge in [-0.2, -0.15) is 10.2 Å². The lowest BCUT2D eigenvalue weighted by atomic mass is 10.2. The summed E-state index contributed by atoms with van der Waals surface area (Å²) in [5.74, 6) is 0. The minimum Gasteiger partial charge on any atom is -0.275 e. The molecule has 0 aliphatic carbocycles. The van der Waals surface area contributed by atoms with Crippen LogP contribution in [0.5, 0.6) is 0 Å². The van der Waals surface area contributed by atoms with Crippen LogP contribution < -0.4 is 5.43 Å². The fraction of sp³-hybridized carbons (Fsp3) is 0.0556. The number of thiazole rings is 1. The fourth-order valence-electron chi connectivity index (χ4n) is 2.47. The lowest BCUT2D eigenvalue weighted by Gasteiger charge is -1.96. The van der Waals surface area contributed by atoms with Crippen LogP contribution in [0.4, 0.5) is 5.13 Å². The van der Waals surface area contributed by atoms with Gasteiger partial charge in [0.1, 0.15) is 0 Å². The van der Waals surface area contributed by atoms with Gasteiger partial charge in [-0.15, -0.1) is 11.3 Å². The van der Waals surface area contributed by atoms with E-state index in [1.165, 1.54) is 11.3 Å². The van der Waals surface area contributed by atoms with Crippen molar-refractivity contribution in [2.24, 2.45) is 12.1 Å². The minimum atomic E-state index is 0.768. The zero-order valence-corrected chi connectivity index (χ0v) is 13.9. The topological polar surface area (TPSA) is 55.1 Å². The highest BCUT2D eigenvalue weighted by Gasteiger charge is 2.03. The van der Waals surface area contributed by atoms with Crippen molar-refractivity contribution < 1.29 is 0 Å². The van der Waals surface area contributed by atoms with Gasteiger partial charge in [-0.05, 0) is 11.6 Å². The first kappa shape index (κ1) is 14.6. The first-order chi connectivity index (χ1) is 11.8. The number of hydrogen-bond donors (Lipinski definition) is 1. The van der Waals surface area contributed by atoms with Gasteiger partial charge in [0.15, 0.2) is 0 Å². The summed E-state index contributed by atoms with van der Waals surface area (Å²) in [7, 11) is 1.92. The molecule has 2 aromatic heterocycles. The fourth-order valence-corrected chi connectivity index (χ4v) is 3.13. The third kappa shape index (κ3) is 3.04. The van der Waals surface area contributed by atoms with Gasteiger partial charge in [0, 0.05) is 29.6 Å². The molecule has 4 aromatic rings. The van der Waals surface area contributed by atoms with E-state index in [1.807, 2.05) is 71.8 Å². The van der Waals surface area contributed by atoms with E-state index in [4.69, 9.17) is 0 Å². The molecular formula is C18H15N5S. The SMILES string of the molecule is Cn1cc2ccc(C=NNc3nc(-c4ccccc4)cs3)cc2n1. The molecule has 4 rings (SSSR count). The second-order valence-electron chi connectivity index (χ2n) is 5.39. The molecule has 0 fully saturated rings. The summed E-state index contributed by atoms with van der Waals surface area (Å²) >= 11 is 1.53. The maximum Gasteiger partial charge on any atom is 0.203 e. The molecule has 0 radical (unpaired) electrons. The van der Waals surface area contributed by atoms with Crippen LogP contribution in [0.15, 0.2) is 65.2 Å². The second kappa shape index (κ2) is 6.25. The molecule has 0 saturated heterocycles. The molecule has 24 heavy (non-hydrogen) atoms. The molecule has 0 aliphatic rings. The van der Waals surface area contributed by atoms with E-state index in [2.05, 4.69) is 20.6 Å². The van der Waals surface area contributed by atoms with Crippen molar-refractivity contribution in [1.29, 1.82) is 0 Å². The van der Waals surface area contributed by atoms with Crippen LogP contribution in [0.2, 0.25) is 0 Å². The minimum absolute atomic E-state index is 0.768. The summed E-state index contributed by atoms with van der Waals surface area (Å²) in [6.45, 7) is 0. The van der Waals surface area contributed by atoms with Crippen LogP contribution in [0.1, 0.15) is 5.56 Å². The molecule has 118 valence electrons. The zero-order chi connectivity index (χ0) is 16.4. The Morgan fingerprint density at radius 2 is 2.04 bits per heavy atom. The van der Waals surface area contributed by atoms with E-state index in [1.54, 1.807) is 6.21 Å². The highest BCUT2D eigenvalue weighted by molar-refractivity contribution is 7.14. The van der Waals surface area contributed by atoms with E-state index in [-0.39, 0.29) is 0 Å². The third-order valence-electron chi connectivity index (χ3n) is 3.59. The number of rotatable bonds is 4. The summed E-state index contributed by atoms with van der Waals surface area (Å²) in [6.07, 6.45) is 3.77. The normalized spacial score (nSPS) is 11.4. The Kier molecular flexibility index (Phi) is 3.80. The average Bonchev–Trinajstić information content (AvgIpc) is 3.21. The Morgan fingerprint density at radius 1 is 1.17 bits per heavy atom.